The van der Waals surface area contributed by atoms with Crippen molar-refractivity contribution in [3.8, 4) is 5.69 Å². The molecule has 19 heavy (non-hydrogen) atoms. The maximum Gasteiger partial charge on any atom is 0.110 e. The third-order valence-corrected chi connectivity index (χ3v) is 3.70. The first kappa shape index (κ1) is 12.0. The van der Waals surface area contributed by atoms with E-state index in [4.69, 9.17) is 0 Å². The Morgan fingerprint density at radius 2 is 2.05 bits per heavy atom. The lowest BCUT2D eigenvalue weighted by Crippen LogP contribution is -2.06. The van der Waals surface area contributed by atoms with Gasteiger partial charge in [0.1, 0.15) is 5.82 Å². The molecule has 0 radical (unpaired) electrons. The van der Waals surface area contributed by atoms with Gasteiger partial charge in [-0.05, 0) is 30.5 Å². The van der Waals surface area contributed by atoms with Crippen molar-refractivity contribution >= 4 is 17.0 Å². The van der Waals surface area contributed by atoms with Crippen molar-refractivity contribution in [3.05, 3.63) is 64.9 Å². The number of hydrogen-bond donors (Lipinski definition) is 1. The summed E-state index contributed by atoms with van der Waals surface area (Å²) in [7, 11) is 0. The molecule has 0 aliphatic heterocycles. The summed E-state index contributed by atoms with van der Waals surface area (Å²) in [5.41, 5.74) is 3.47. The van der Waals surface area contributed by atoms with Gasteiger partial charge in [-0.3, -0.25) is 4.57 Å². The third-order valence-electron chi connectivity index (χ3n) is 3.02. The highest BCUT2D eigenvalue weighted by molar-refractivity contribution is 7.08. The molecule has 1 N–H and O–H groups in total. The molecule has 0 bridgehead atoms. The van der Waals surface area contributed by atoms with Crippen molar-refractivity contribution in [2.45, 2.75) is 13.5 Å². The van der Waals surface area contributed by atoms with Crippen molar-refractivity contribution < 1.29 is 0 Å². The maximum absolute atomic E-state index is 4.42. The van der Waals surface area contributed by atoms with Crippen LogP contribution in [0.2, 0.25) is 0 Å². The van der Waals surface area contributed by atoms with Gasteiger partial charge in [-0.25, -0.2) is 4.98 Å². The fourth-order valence-corrected chi connectivity index (χ4v) is 2.72. The van der Waals surface area contributed by atoms with Crippen molar-refractivity contribution in [2.75, 3.05) is 5.32 Å². The maximum atomic E-state index is 4.42. The van der Waals surface area contributed by atoms with E-state index in [2.05, 4.69) is 43.8 Å². The van der Waals surface area contributed by atoms with Gasteiger partial charge in [0.15, 0.2) is 0 Å². The molecule has 0 aliphatic rings. The van der Waals surface area contributed by atoms with Crippen molar-refractivity contribution in [3.63, 3.8) is 0 Å². The first-order valence-corrected chi connectivity index (χ1v) is 7.13. The molecule has 2 aromatic heterocycles. The number of nitrogens with one attached hydrogen (secondary N) is 1. The molecule has 0 spiro atoms. The summed E-state index contributed by atoms with van der Waals surface area (Å²) in [5.74, 6) is 1.01. The lowest BCUT2D eigenvalue weighted by molar-refractivity contribution is 0.900. The second kappa shape index (κ2) is 5.28. The molecule has 0 aliphatic carbocycles. The van der Waals surface area contributed by atoms with E-state index in [0.717, 1.165) is 29.4 Å². The number of rotatable bonds is 4. The minimum absolute atomic E-state index is 0.770. The van der Waals surface area contributed by atoms with Gasteiger partial charge in [0, 0.05) is 16.8 Å². The van der Waals surface area contributed by atoms with Crippen LogP contribution in [-0.2, 0) is 6.54 Å². The molecule has 3 rings (SSSR count). The van der Waals surface area contributed by atoms with Gasteiger partial charge < -0.3 is 5.32 Å². The Labute approximate surface area is 116 Å². The normalized spacial score (nSPS) is 10.6. The molecule has 96 valence electrons. The summed E-state index contributed by atoms with van der Waals surface area (Å²) < 4.78 is 2.18. The van der Waals surface area contributed by atoms with Crippen LogP contribution in [0.5, 0.6) is 0 Å². The fourth-order valence-electron chi connectivity index (χ4n) is 2.10. The summed E-state index contributed by atoms with van der Waals surface area (Å²) in [6, 6.07) is 12.4. The SMILES string of the molecule is Cc1ncc(CNc2ccsc2)n1-c1ccccc1. The average Bonchev–Trinajstić information content (AvgIpc) is 3.07. The zero-order chi connectivity index (χ0) is 13.1. The van der Waals surface area contributed by atoms with Gasteiger partial charge in [-0.15, -0.1) is 0 Å². The van der Waals surface area contributed by atoms with Crippen LogP contribution in [0.15, 0.2) is 53.4 Å². The number of nitrogens with zero attached hydrogens (tertiary/aromatic N) is 2. The van der Waals surface area contributed by atoms with Crippen LogP contribution in [-0.4, -0.2) is 9.55 Å². The molecule has 1 aromatic carbocycles. The van der Waals surface area contributed by atoms with Gasteiger partial charge in [-0.1, -0.05) is 18.2 Å². The molecule has 0 amide bonds. The highest BCUT2D eigenvalue weighted by Gasteiger charge is 2.08. The van der Waals surface area contributed by atoms with Crippen molar-refractivity contribution in [1.29, 1.82) is 0 Å². The first-order chi connectivity index (χ1) is 9.34. The van der Waals surface area contributed by atoms with Gasteiger partial charge in [-0.2, -0.15) is 11.3 Å². The topological polar surface area (TPSA) is 29.9 Å². The van der Waals surface area contributed by atoms with E-state index in [0.29, 0.717) is 0 Å². The smallest absolute Gasteiger partial charge is 0.110 e. The molecule has 0 saturated heterocycles. The van der Waals surface area contributed by atoms with Crippen LogP contribution >= 0.6 is 11.3 Å². The second-order valence-electron chi connectivity index (χ2n) is 4.33. The van der Waals surface area contributed by atoms with Crippen LogP contribution in [0.25, 0.3) is 5.69 Å². The summed E-state index contributed by atoms with van der Waals surface area (Å²) >= 11 is 1.70. The van der Waals surface area contributed by atoms with E-state index in [9.17, 15) is 0 Å². The molecule has 4 heteroatoms. The standard InChI is InChI=1S/C15H15N3S/c1-12-16-9-15(10-17-13-7-8-19-11-13)18(12)14-5-3-2-4-6-14/h2-9,11,17H,10H2,1H3. The number of hydrogen-bond acceptors (Lipinski definition) is 3. The Morgan fingerprint density at radius 3 is 2.79 bits per heavy atom. The highest BCUT2D eigenvalue weighted by Crippen LogP contribution is 2.17. The molecule has 0 saturated carbocycles. The summed E-state index contributed by atoms with van der Waals surface area (Å²) in [6.07, 6.45) is 1.93. The van der Waals surface area contributed by atoms with Crippen molar-refractivity contribution in [1.82, 2.24) is 9.55 Å². The minimum atomic E-state index is 0.770. The molecule has 0 atom stereocenters. The second-order valence-corrected chi connectivity index (χ2v) is 5.11. The molecule has 3 aromatic rings. The monoisotopic (exact) mass is 269 g/mol. The van der Waals surface area contributed by atoms with Gasteiger partial charge in [0.2, 0.25) is 0 Å². The average molecular weight is 269 g/mol. The van der Waals surface area contributed by atoms with Crippen LogP contribution < -0.4 is 5.32 Å². The number of aryl methyl sites for hydroxylation is 1. The van der Waals surface area contributed by atoms with Crippen molar-refractivity contribution in [2.24, 2.45) is 0 Å². The summed E-state index contributed by atoms with van der Waals surface area (Å²) in [5, 5.41) is 7.59. The first-order valence-electron chi connectivity index (χ1n) is 6.19. The molecular weight excluding hydrogens is 254 g/mol. The Bertz CT molecular complexity index is 641. The largest absolute Gasteiger partial charge is 0.379 e. The number of imidazole rings is 1. The number of anilines is 1. The lowest BCUT2D eigenvalue weighted by atomic mass is 10.3. The zero-order valence-corrected chi connectivity index (χ0v) is 11.5. The lowest BCUT2D eigenvalue weighted by Gasteiger charge is -2.11. The quantitative estimate of drug-likeness (QED) is 0.779. The van der Waals surface area contributed by atoms with E-state index in [-0.39, 0.29) is 0 Å². The summed E-state index contributed by atoms with van der Waals surface area (Å²) in [4.78, 5) is 4.42. The number of thiophene rings is 1. The number of benzene rings is 1. The van der Waals surface area contributed by atoms with E-state index in [1.807, 2.05) is 31.3 Å². The molecule has 0 unspecified atom stereocenters. The Balaban J connectivity index is 1.87. The molecule has 3 nitrogen and oxygen atoms in total. The molecular formula is C15H15N3S. The van der Waals surface area contributed by atoms with E-state index in [1.54, 1.807) is 11.3 Å². The Hall–Kier alpha value is -2.07. The van der Waals surface area contributed by atoms with Gasteiger partial charge >= 0.3 is 0 Å². The Kier molecular flexibility index (Phi) is 3.33. The predicted molar refractivity (Wildman–Crippen MR) is 79.9 cm³/mol. The minimum Gasteiger partial charge on any atom is -0.379 e. The molecule has 0 fully saturated rings. The van der Waals surface area contributed by atoms with Crippen LogP contribution in [0.3, 0.4) is 0 Å². The van der Waals surface area contributed by atoms with Crippen LogP contribution in [0, 0.1) is 6.92 Å². The van der Waals surface area contributed by atoms with Gasteiger partial charge in [0.05, 0.1) is 18.4 Å². The number of para-hydroxylation sites is 1. The predicted octanol–water partition coefficient (Wildman–Crippen LogP) is 3.85. The van der Waals surface area contributed by atoms with E-state index >= 15 is 0 Å². The highest BCUT2D eigenvalue weighted by atomic mass is 32.1. The summed E-state index contributed by atoms with van der Waals surface area (Å²) in [6.45, 7) is 2.80. The van der Waals surface area contributed by atoms with E-state index < -0.39 is 0 Å². The fraction of sp³-hybridized carbons (Fsp3) is 0.133. The Morgan fingerprint density at radius 1 is 1.21 bits per heavy atom. The molecule has 2 heterocycles. The zero-order valence-electron chi connectivity index (χ0n) is 10.7. The van der Waals surface area contributed by atoms with E-state index in [1.165, 1.54) is 0 Å². The third kappa shape index (κ3) is 2.53. The van der Waals surface area contributed by atoms with Crippen LogP contribution in [0.4, 0.5) is 5.69 Å². The number of aromatic nitrogens is 2. The van der Waals surface area contributed by atoms with Crippen LogP contribution in [0.1, 0.15) is 11.5 Å². The van der Waals surface area contributed by atoms with Gasteiger partial charge in [0.25, 0.3) is 0 Å².